The smallest absolute Gasteiger partial charge is 0.343 e. The van der Waals surface area contributed by atoms with Crippen LogP contribution in [0.15, 0.2) is 48.5 Å². The Morgan fingerprint density at radius 3 is 2.15 bits per heavy atom. The van der Waals surface area contributed by atoms with Crippen LogP contribution in [0.4, 0.5) is 0 Å². The fourth-order valence-electron chi connectivity index (χ4n) is 1.93. The van der Waals surface area contributed by atoms with Crippen molar-refractivity contribution in [2.75, 3.05) is 6.54 Å². The van der Waals surface area contributed by atoms with Gasteiger partial charge in [-0.05, 0) is 54.8 Å². The van der Waals surface area contributed by atoms with Gasteiger partial charge in [0.2, 0.25) is 0 Å². The minimum atomic E-state index is -0.339. The van der Waals surface area contributed by atoms with Crippen molar-refractivity contribution in [1.82, 2.24) is 0 Å². The third-order valence-electron chi connectivity index (χ3n) is 3.16. The summed E-state index contributed by atoms with van der Waals surface area (Å²) in [6.45, 7) is 2.69. The Hall–Kier alpha value is -2.13. The normalized spacial score (nSPS) is 10.3. The van der Waals surface area contributed by atoms with Crippen molar-refractivity contribution in [3.05, 3.63) is 65.2 Å². The van der Waals surface area contributed by atoms with Crippen LogP contribution < -0.4 is 10.5 Å². The first-order chi connectivity index (χ1) is 9.72. The molecule has 0 aromatic heterocycles. The van der Waals surface area contributed by atoms with E-state index in [0.717, 1.165) is 18.4 Å². The molecule has 104 valence electrons. The average Bonchev–Trinajstić information content (AvgIpc) is 2.49. The molecule has 0 amide bonds. The largest absolute Gasteiger partial charge is 0.423 e. The van der Waals surface area contributed by atoms with Gasteiger partial charge in [-0.1, -0.05) is 31.2 Å². The third-order valence-corrected chi connectivity index (χ3v) is 3.16. The van der Waals surface area contributed by atoms with E-state index >= 15 is 0 Å². The van der Waals surface area contributed by atoms with Crippen molar-refractivity contribution >= 4 is 5.97 Å². The second-order valence-electron chi connectivity index (χ2n) is 4.62. The lowest BCUT2D eigenvalue weighted by atomic mass is 10.1. The van der Waals surface area contributed by atoms with Crippen LogP contribution in [0.3, 0.4) is 0 Å². The zero-order chi connectivity index (χ0) is 14.4. The Morgan fingerprint density at radius 2 is 1.60 bits per heavy atom. The van der Waals surface area contributed by atoms with Gasteiger partial charge in [0, 0.05) is 0 Å². The number of aryl methyl sites for hydroxylation is 1. The lowest BCUT2D eigenvalue weighted by Gasteiger charge is -2.06. The summed E-state index contributed by atoms with van der Waals surface area (Å²) >= 11 is 0. The topological polar surface area (TPSA) is 52.3 Å². The quantitative estimate of drug-likeness (QED) is 0.670. The molecule has 0 radical (unpaired) electrons. The Kier molecular flexibility index (Phi) is 4.91. The van der Waals surface area contributed by atoms with Gasteiger partial charge in [-0.15, -0.1) is 0 Å². The van der Waals surface area contributed by atoms with Crippen LogP contribution in [-0.2, 0) is 12.8 Å². The fourth-order valence-corrected chi connectivity index (χ4v) is 1.93. The predicted molar refractivity (Wildman–Crippen MR) is 80.0 cm³/mol. The molecule has 2 rings (SSSR count). The van der Waals surface area contributed by atoms with Crippen molar-refractivity contribution in [3.63, 3.8) is 0 Å². The maximum absolute atomic E-state index is 12.0. The Balaban J connectivity index is 2.03. The highest BCUT2D eigenvalue weighted by molar-refractivity contribution is 5.91. The van der Waals surface area contributed by atoms with E-state index in [2.05, 4.69) is 6.92 Å². The zero-order valence-corrected chi connectivity index (χ0v) is 11.6. The van der Waals surface area contributed by atoms with E-state index in [1.165, 1.54) is 5.56 Å². The van der Waals surface area contributed by atoms with Gasteiger partial charge in [0.15, 0.2) is 0 Å². The average molecular weight is 269 g/mol. The van der Waals surface area contributed by atoms with Gasteiger partial charge in [-0.25, -0.2) is 4.79 Å². The fraction of sp³-hybridized carbons (Fsp3) is 0.235. The molecule has 0 aliphatic carbocycles. The number of carbonyl (C=O) groups excluding carboxylic acids is 1. The second-order valence-corrected chi connectivity index (χ2v) is 4.62. The van der Waals surface area contributed by atoms with E-state index in [4.69, 9.17) is 10.5 Å². The van der Waals surface area contributed by atoms with Crippen molar-refractivity contribution < 1.29 is 9.53 Å². The minimum Gasteiger partial charge on any atom is -0.423 e. The molecule has 3 nitrogen and oxygen atoms in total. The molecule has 0 spiro atoms. The molecule has 0 heterocycles. The second kappa shape index (κ2) is 6.87. The van der Waals surface area contributed by atoms with Crippen LogP contribution in [0.5, 0.6) is 5.75 Å². The van der Waals surface area contributed by atoms with Gasteiger partial charge in [0.25, 0.3) is 0 Å². The highest BCUT2D eigenvalue weighted by atomic mass is 16.5. The molecule has 0 aliphatic heterocycles. The summed E-state index contributed by atoms with van der Waals surface area (Å²) < 4.78 is 5.34. The number of rotatable bonds is 5. The van der Waals surface area contributed by atoms with E-state index in [0.29, 0.717) is 17.9 Å². The summed E-state index contributed by atoms with van der Waals surface area (Å²) in [7, 11) is 0. The molecule has 0 fully saturated rings. The Morgan fingerprint density at radius 1 is 1.00 bits per heavy atom. The van der Waals surface area contributed by atoms with Crippen LogP contribution in [0.2, 0.25) is 0 Å². The molecule has 2 aromatic carbocycles. The first kappa shape index (κ1) is 14.3. The predicted octanol–water partition coefficient (Wildman–Crippen LogP) is 2.97. The van der Waals surface area contributed by atoms with Gasteiger partial charge in [-0.3, -0.25) is 0 Å². The number of benzene rings is 2. The molecular formula is C17H19NO2. The van der Waals surface area contributed by atoms with E-state index in [-0.39, 0.29) is 5.97 Å². The molecule has 0 unspecified atom stereocenters. The summed E-state index contributed by atoms with van der Waals surface area (Å²) in [6.07, 6.45) is 1.78. The molecule has 3 heteroatoms. The molecule has 0 saturated heterocycles. The first-order valence-corrected chi connectivity index (χ1v) is 6.83. The molecule has 0 aliphatic rings. The molecular weight excluding hydrogens is 250 g/mol. The van der Waals surface area contributed by atoms with Gasteiger partial charge in [-0.2, -0.15) is 0 Å². The number of esters is 1. The number of carbonyl (C=O) groups is 1. The summed E-state index contributed by atoms with van der Waals surface area (Å²) in [5.74, 6) is 0.229. The van der Waals surface area contributed by atoms with E-state index in [9.17, 15) is 4.79 Å². The monoisotopic (exact) mass is 269 g/mol. The van der Waals surface area contributed by atoms with Gasteiger partial charge < -0.3 is 10.5 Å². The van der Waals surface area contributed by atoms with E-state index in [1.807, 2.05) is 36.4 Å². The SMILES string of the molecule is CCc1ccc(OC(=O)c2ccc(CCN)cc2)cc1. The van der Waals surface area contributed by atoms with Gasteiger partial charge >= 0.3 is 5.97 Å². The van der Waals surface area contributed by atoms with Gasteiger partial charge in [0.05, 0.1) is 5.56 Å². The minimum absolute atomic E-state index is 0.339. The maximum atomic E-state index is 12.0. The van der Waals surface area contributed by atoms with Crippen LogP contribution >= 0.6 is 0 Å². The van der Waals surface area contributed by atoms with Crippen molar-refractivity contribution in [3.8, 4) is 5.75 Å². The molecule has 0 bridgehead atoms. The van der Waals surface area contributed by atoms with Crippen LogP contribution in [0, 0.1) is 0 Å². The van der Waals surface area contributed by atoms with Crippen LogP contribution in [0.1, 0.15) is 28.4 Å². The van der Waals surface area contributed by atoms with Crippen molar-refractivity contribution in [2.24, 2.45) is 5.73 Å². The molecule has 2 N–H and O–H groups in total. The number of hydrogen-bond acceptors (Lipinski definition) is 3. The molecule has 20 heavy (non-hydrogen) atoms. The highest BCUT2D eigenvalue weighted by Crippen LogP contribution is 2.15. The molecule has 2 aromatic rings. The first-order valence-electron chi connectivity index (χ1n) is 6.83. The van der Waals surface area contributed by atoms with Crippen molar-refractivity contribution in [2.45, 2.75) is 19.8 Å². The van der Waals surface area contributed by atoms with E-state index in [1.54, 1.807) is 12.1 Å². The lowest BCUT2D eigenvalue weighted by molar-refractivity contribution is 0.0734. The summed E-state index contributed by atoms with van der Waals surface area (Å²) in [5.41, 5.74) is 8.38. The standard InChI is InChI=1S/C17H19NO2/c1-2-13-5-9-16(10-6-13)20-17(19)15-7-3-14(4-8-15)11-12-18/h3-10H,2,11-12,18H2,1H3. The summed E-state index contributed by atoms with van der Waals surface area (Å²) in [5, 5.41) is 0. The summed E-state index contributed by atoms with van der Waals surface area (Å²) in [4.78, 5) is 12.0. The zero-order valence-electron chi connectivity index (χ0n) is 11.6. The van der Waals surface area contributed by atoms with Crippen LogP contribution in [0.25, 0.3) is 0 Å². The molecule has 0 atom stereocenters. The van der Waals surface area contributed by atoms with E-state index < -0.39 is 0 Å². The highest BCUT2D eigenvalue weighted by Gasteiger charge is 2.08. The van der Waals surface area contributed by atoms with Gasteiger partial charge in [0.1, 0.15) is 5.75 Å². The number of hydrogen-bond donors (Lipinski definition) is 1. The van der Waals surface area contributed by atoms with Crippen LogP contribution in [-0.4, -0.2) is 12.5 Å². The lowest BCUT2D eigenvalue weighted by Crippen LogP contribution is -2.09. The summed E-state index contributed by atoms with van der Waals surface area (Å²) in [6, 6.07) is 14.9. The third kappa shape index (κ3) is 3.68. The van der Waals surface area contributed by atoms with Crippen molar-refractivity contribution in [1.29, 1.82) is 0 Å². The Bertz CT molecular complexity index is 559. The Labute approximate surface area is 119 Å². The number of nitrogens with two attached hydrogens (primary N) is 1. The maximum Gasteiger partial charge on any atom is 0.343 e. The molecule has 0 saturated carbocycles. The number of ether oxygens (including phenoxy) is 1.